The number of carbonyl (C=O) groups is 1. The summed E-state index contributed by atoms with van der Waals surface area (Å²) in [5.41, 5.74) is 7.60. The zero-order chi connectivity index (χ0) is 14.8. The number of amides is 1. The quantitative estimate of drug-likeness (QED) is 0.887. The number of nitrogens with zero attached hydrogens (tertiary/aromatic N) is 2. The Hall–Kier alpha value is -1.92. The maximum atomic E-state index is 12.7. The van der Waals surface area contributed by atoms with E-state index >= 15 is 0 Å². The summed E-state index contributed by atoms with van der Waals surface area (Å²) in [6.45, 7) is 3.66. The molecule has 3 N–H and O–H groups in total. The first-order valence-electron chi connectivity index (χ1n) is 7.28. The molecule has 2 atom stereocenters. The van der Waals surface area contributed by atoms with Gasteiger partial charge in [0.15, 0.2) is 5.82 Å². The number of hydrogen-bond donors (Lipinski definition) is 2. The first kappa shape index (κ1) is 14.0. The molecule has 0 spiro atoms. The Labute approximate surface area is 123 Å². The number of ether oxygens (including phenoxy) is 1. The highest BCUT2D eigenvalue weighted by molar-refractivity contribution is 5.94. The van der Waals surface area contributed by atoms with Crippen LogP contribution < -0.4 is 5.73 Å². The van der Waals surface area contributed by atoms with Crippen LogP contribution in [-0.2, 0) is 4.74 Å². The molecule has 0 bridgehead atoms. The van der Waals surface area contributed by atoms with Crippen LogP contribution in [0.4, 0.5) is 0 Å². The van der Waals surface area contributed by atoms with Crippen molar-refractivity contribution in [3.8, 4) is 0 Å². The summed E-state index contributed by atoms with van der Waals surface area (Å²) in [7, 11) is 0. The SMILES string of the molecule is CCN(C(=O)c1nc2ccccc2[nH]1)[C@H]1COC[C@@H](N)C1. The van der Waals surface area contributed by atoms with E-state index in [2.05, 4.69) is 9.97 Å². The van der Waals surface area contributed by atoms with Gasteiger partial charge in [-0.1, -0.05) is 12.1 Å². The number of H-pyrrole nitrogens is 1. The molecule has 1 aliphatic rings. The van der Waals surface area contributed by atoms with Gasteiger partial charge in [-0.2, -0.15) is 0 Å². The number of likely N-dealkylation sites (N-methyl/N-ethyl adjacent to an activating group) is 1. The van der Waals surface area contributed by atoms with Crippen molar-refractivity contribution < 1.29 is 9.53 Å². The van der Waals surface area contributed by atoms with Crippen LogP contribution in [0.2, 0.25) is 0 Å². The molecule has 0 radical (unpaired) electrons. The molecule has 2 aromatic rings. The Morgan fingerprint density at radius 2 is 2.29 bits per heavy atom. The van der Waals surface area contributed by atoms with E-state index in [1.807, 2.05) is 31.2 Å². The number of nitrogens with two attached hydrogens (primary N) is 1. The standard InChI is InChI=1S/C15H20N4O2/c1-2-19(11-7-10(16)8-21-9-11)15(20)14-17-12-5-3-4-6-13(12)18-14/h3-6,10-11H,2,7-9,16H2,1H3,(H,17,18)/t10-,11+/m0/s1. The van der Waals surface area contributed by atoms with Crippen LogP contribution in [0, 0.1) is 0 Å². The Kier molecular flexibility index (Phi) is 3.90. The molecule has 0 saturated carbocycles. The van der Waals surface area contributed by atoms with Crippen LogP contribution in [0.15, 0.2) is 24.3 Å². The molecule has 1 aliphatic heterocycles. The van der Waals surface area contributed by atoms with Gasteiger partial charge in [0.2, 0.25) is 0 Å². The molecular weight excluding hydrogens is 268 g/mol. The van der Waals surface area contributed by atoms with Crippen molar-refractivity contribution in [1.29, 1.82) is 0 Å². The zero-order valence-corrected chi connectivity index (χ0v) is 12.1. The van der Waals surface area contributed by atoms with E-state index in [0.717, 1.165) is 17.5 Å². The maximum absolute atomic E-state index is 12.7. The smallest absolute Gasteiger partial charge is 0.289 e. The van der Waals surface area contributed by atoms with E-state index < -0.39 is 0 Å². The van der Waals surface area contributed by atoms with Crippen LogP contribution in [0.25, 0.3) is 11.0 Å². The molecule has 3 rings (SSSR count). The minimum Gasteiger partial charge on any atom is -0.378 e. The van der Waals surface area contributed by atoms with Gasteiger partial charge in [-0.15, -0.1) is 0 Å². The van der Waals surface area contributed by atoms with Crippen molar-refractivity contribution in [2.24, 2.45) is 5.73 Å². The van der Waals surface area contributed by atoms with Crippen LogP contribution in [0.5, 0.6) is 0 Å². The number of carbonyl (C=O) groups excluding carboxylic acids is 1. The number of benzene rings is 1. The van der Waals surface area contributed by atoms with Gasteiger partial charge in [-0.25, -0.2) is 4.98 Å². The molecule has 1 amide bonds. The topological polar surface area (TPSA) is 84.2 Å². The zero-order valence-electron chi connectivity index (χ0n) is 12.1. The summed E-state index contributed by atoms with van der Waals surface area (Å²) >= 11 is 0. The molecule has 2 heterocycles. The third-order valence-electron chi connectivity index (χ3n) is 3.85. The minimum absolute atomic E-state index is 0.0127. The lowest BCUT2D eigenvalue weighted by Gasteiger charge is -2.35. The molecule has 0 aliphatic carbocycles. The highest BCUT2D eigenvalue weighted by atomic mass is 16.5. The van der Waals surface area contributed by atoms with Crippen molar-refractivity contribution in [2.75, 3.05) is 19.8 Å². The van der Waals surface area contributed by atoms with E-state index in [1.165, 1.54) is 0 Å². The van der Waals surface area contributed by atoms with Gasteiger partial charge in [0.25, 0.3) is 5.91 Å². The molecule has 0 unspecified atom stereocenters. The van der Waals surface area contributed by atoms with Crippen molar-refractivity contribution >= 4 is 16.9 Å². The monoisotopic (exact) mass is 288 g/mol. The largest absolute Gasteiger partial charge is 0.378 e. The first-order valence-corrected chi connectivity index (χ1v) is 7.28. The lowest BCUT2D eigenvalue weighted by molar-refractivity contribution is 0.00958. The molecule has 1 aromatic heterocycles. The number of hydrogen-bond acceptors (Lipinski definition) is 4. The van der Waals surface area contributed by atoms with Crippen LogP contribution in [-0.4, -0.2) is 52.6 Å². The average molecular weight is 288 g/mol. The number of fused-ring (bicyclic) bond motifs is 1. The predicted octanol–water partition coefficient (Wildman–Crippen LogP) is 1.14. The molecular formula is C15H20N4O2. The lowest BCUT2D eigenvalue weighted by atomic mass is 10.0. The van der Waals surface area contributed by atoms with E-state index in [-0.39, 0.29) is 18.0 Å². The van der Waals surface area contributed by atoms with Crippen molar-refractivity contribution in [1.82, 2.24) is 14.9 Å². The molecule has 6 heteroatoms. The van der Waals surface area contributed by atoms with Gasteiger partial charge in [-0.3, -0.25) is 4.79 Å². The average Bonchev–Trinajstić information content (AvgIpc) is 2.92. The van der Waals surface area contributed by atoms with Gasteiger partial charge in [0, 0.05) is 12.6 Å². The summed E-state index contributed by atoms with van der Waals surface area (Å²) in [5, 5.41) is 0. The molecule has 21 heavy (non-hydrogen) atoms. The Bertz CT molecular complexity index is 606. The molecule has 6 nitrogen and oxygen atoms in total. The fourth-order valence-corrected chi connectivity index (χ4v) is 2.82. The number of aromatic amines is 1. The summed E-state index contributed by atoms with van der Waals surface area (Å²) in [4.78, 5) is 21.9. The summed E-state index contributed by atoms with van der Waals surface area (Å²) in [6.07, 6.45) is 0.764. The van der Waals surface area contributed by atoms with E-state index in [4.69, 9.17) is 10.5 Å². The molecule has 1 saturated heterocycles. The predicted molar refractivity (Wildman–Crippen MR) is 80.0 cm³/mol. The Morgan fingerprint density at radius 1 is 1.48 bits per heavy atom. The lowest BCUT2D eigenvalue weighted by Crippen LogP contribution is -2.50. The minimum atomic E-state index is -0.101. The van der Waals surface area contributed by atoms with Gasteiger partial charge in [0.1, 0.15) is 0 Å². The van der Waals surface area contributed by atoms with Crippen LogP contribution in [0.1, 0.15) is 24.0 Å². The highest BCUT2D eigenvalue weighted by Gasteiger charge is 2.29. The molecule has 112 valence electrons. The normalized spacial score (nSPS) is 22.4. The highest BCUT2D eigenvalue weighted by Crippen LogP contribution is 2.17. The Morgan fingerprint density at radius 3 is 3.00 bits per heavy atom. The fourth-order valence-electron chi connectivity index (χ4n) is 2.82. The van der Waals surface area contributed by atoms with Gasteiger partial charge < -0.3 is 20.4 Å². The second kappa shape index (κ2) is 5.83. The van der Waals surface area contributed by atoms with Gasteiger partial charge in [-0.05, 0) is 25.5 Å². The number of rotatable bonds is 3. The summed E-state index contributed by atoms with van der Waals surface area (Å²) < 4.78 is 5.47. The van der Waals surface area contributed by atoms with Crippen LogP contribution >= 0.6 is 0 Å². The molecule has 1 fully saturated rings. The maximum Gasteiger partial charge on any atom is 0.289 e. The van der Waals surface area contributed by atoms with E-state index in [0.29, 0.717) is 25.6 Å². The first-order chi connectivity index (χ1) is 10.2. The second-order valence-corrected chi connectivity index (χ2v) is 5.38. The third kappa shape index (κ3) is 2.77. The number of aromatic nitrogens is 2. The van der Waals surface area contributed by atoms with E-state index in [1.54, 1.807) is 4.90 Å². The van der Waals surface area contributed by atoms with Crippen molar-refractivity contribution in [2.45, 2.75) is 25.4 Å². The van der Waals surface area contributed by atoms with Crippen LogP contribution in [0.3, 0.4) is 0 Å². The summed E-state index contributed by atoms with van der Waals surface area (Å²) in [6, 6.07) is 7.62. The summed E-state index contributed by atoms with van der Waals surface area (Å²) in [5.74, 6) is 0.272. The van der Waals surface area contributed by atoms with Crippen molar-refractivity contribution in [3.63, 3.8) is 0 Å². The third-order valence-corrected chi connectivity index (χ3v) is 3.85. The van der Waals surface area contributed by atoms with Crippen molar-refractivity contribution in [3.05, 3.63) is 30.1 Å². The Balaban J connectivity index is 1.84. The van der Waals surface area contributed by atoms with Gasteiger partial charge in [0.05, 0.1) is 30.3 Å². The number of imidazole rings is 1. The molecule has 1 aromatic carbocycles. The van der Waals surface area contributed by atoms with E-state index in [9.17, 15) is 4.79 Å². The second-order valence-electron chi connectivity index (χ2n) is 5.38. The fraction of sp³-hybridized carbons (Fsp3) is 0.467. The van der Waals surface area contributed by atoms with Gasteiger partial charge >= 0.3 is 0 Å². The number of para-hydroxylation sites is 2. The number of nitrogens with one attached hydrogen (secondary N) is 1.